The molecule has 4 N–H and O–H groups in total. The van der Waals surface area contributed by atoms with Gasteiger partial charge in [0.1, 0.15) is 12.0 Å². The van der Waals surface area contributed by atoms with E-state index in [2.05, 4.69) is 5.32 Å². The minimum atomic E-state index is -1.22. The third-order valence-corrected chi connectivity index (χ3v) is 2.65. The van der Waals surface area contributed by atoms with Crippen molar-refractivity contribution in [3.8, 4) is 0 Å². The average molecular weight is 258 g/mol. The molecule has 0 radical (unpaired) electrons. The lowest BCUT2D eigenvalue weighted by Crippen LogP contribution is -2.52. The zero-order valence-electron chi connectivity index (χ0n) is 11.5. The Labute approximate surface area is 107 Å². The molecule has 2 amide bonds. The maximum atomic E-state index is 12.0. The molecule has 0 aromatic heterocycles. The molecule has 0 aliphatic rings. The van der Waals surface area contributed by atoms with Crippen molar-refractivity contribution >= 4 is 17.8 Å². The minimum Gasteiger partial charge on any atom is -0.481 e. The van der Waals surface area contributed by atoms with Gasteiger partial charge in [-0.2, -0.15) is 0 Å². The number of rotatable bonds is 5. The third-order valence-electron chi connectivity index (χ3n) is 2.65. The Morgan fingerprint density at radius 2 is 1.61 bits per heavy atom. The molecule has 0 aromatic carbocycles. The Morgan fingerprint density at radius 3 is 1.83 bits per heavy atom. The van der Waals surface area contributed by atoms with Crippen molar-refractivity contribution in [1.82, 2.24) is 5.32 Å². The van der Waals surface area contributed by atoms with E-state index in [1.807, 2.05) is 0 Å². The van der Waals surface area contributed by atoms with Crippen LogP contribution in [0.1, 0.15) is 34.6 Å². The number of carbonyl (C=O) groups is 3. The monoisotopic (exact) mass is 258 g/mol. The van der Waals surface area contributed by atoms with Gasteiger partial charge in [0.2, 0.25) is 11.8 Å². The first-order valence-electron chi connectivity index (χ1n) is 5.81. The van der Waals surface area contributed by atoms with Gasteiger partial charge in [-0.3, -0.25) is 14.4 Å². The molecule has 0 saturated carbocycles. The van der Waals surface area contributed by atoms with Crippen molar-refractivity contribution < 1.29 is 19.5 Å². The van der Waals surface area contributed by atoms with E-state index in [4.69, 9.17) is 10.8 Å². The largest absolute Gasteiger partial charge is 0.481 e. The van der Waals surface area contributed by atoms with Crippen LogP contribution in [0.4, 0.5) is 0 Å². The number of carboxylic acid groups (broad SMARTS) is 1. The molecule has 0 heterocycles. The Balaban J connectivity index is 5.02. The molecule has 6 heteroatoms. The lowest BCUT2D eigenvalue weighted by molar-refractivity contribution is -0.152. The van der Waals surface area contributed by atoms with Gasteiger partial charge in [0.05, 0.1) is 0 Å². The van der Waals surface area contributed by atoms with Crippen LogP contribution < -0.4 is 11.1 Å². The third kappa shape index (κ3) is 4.35. The van der Waals surface area contributed by atoms with E-state index < -0.39 is 35.2 Å². The standard InChI is InChI=1S/C12H22N2O4/c1-6(2)8(9(13)15)14-10(16)7(11(17)18)12(3,4)5/h6-8H,1-5H3,(H2,13,15)(H,14,16)(H,17,18). The van der Waals surface area contributed by atoms with Gasteiger partial charge in [0.25, 0.3) is 0 Å². The normalized spacial score (nSPS) is 15.0. The molecule has 18 heavy (non-hydrogen) atoms. The van der Waals surface area contributed by atoms with Crippen molar-refractivity contribution in [3.05, 3.63) is 0 Å². The Morgan fingerprint density at radius 1 is 1.17 bits per heavy atom. The molecule has 0 fully saturated rings. The summed E-state index contributed by atoms with van der Waals surface area (Å²) in [6.45, 7) is 8.41. The molecule has 2 atom stereocenters. The van der Waals surface area contributed by atoms with Crippen molar-refractivity contribution in [2.24, 2.45) is 23.0 Å². The summed E-state index contributed by atoms with van der Waals surface area (Å²) in [5.74, 6) is -3.99. The number of carbonyl (C=O) groups excluding carboxylic acids is 2. The topological polar surface area (TPSA) is 109 Å². The highest BCUT2D eigenvalue weighted by Gasteiger charge is 2.39. The van der Waals surface area contributed by atoms with Crippen LogP contribution in [0, 0.1) is 17.3 Å². The maximum Gasteiger partial charge on any atom is 0.316 e. The Hall–Kier alpha value is -1.59. The van der Waals surface area contributed by atoms with Gasteiger partial charge in [-0.05, 0) is 11.3 Å². The van der Waals surface area contributed by atoms with Crippen LogP contribution in [0.3, 0.4) is 0 Å². The molecular formula is C12H22N2O4. The average Bonchev–Trinajstić information content (AvgIpc) is 2.09. The van der Waals surface area contributed by atoms with Gasteiger partial charge >= 0.3 is 5.97 Å². The van der Waals surface area contributed by atoms with Crippen molar-refractivity contribution in [3.63, 3.8) is 0 Å². The Bertz CT molecular complexity index is 344. The zero-order valence-corrected chi connectivity index (χ0v) is 11.5. The minimum absolute atomic E-state index is 0.194. The summed E-state index contributed by atoms with van der Waals surface area (Å²) in [6, 6.07) is -0.860. The van der Waals surface area contributed by atoms with Crippen LogP contribution in [0.15, 0.2) is 0 Å². The second kappa shape index (κ2) is 5.84. The van der Waals surface area contributed by atoms with Crippen LogP contribution in [0.25, 0.3) is 0 Å². The van der Waals surface area contributed by atoms with Gasteiger partial charge in [-0.25, -0.2) is 0 Å². The smallest absolute Gasteiger partial charge is 0.316 e. The number of primary amides is 1. The molecule has 0 bridgehead atoms. The number of nitrogens with two attached hydrogens (primary N) is 1. The highest BCUT2D eigenvalue weighted by molar-refractivity contribution is 5.99. The number of carboxylic acids is 1. The lowest BCUT2D eigenvalue weighted by atomic mass is 9.80. The van der Waals surface area contributed by atoms with Gasteiger partial charge in [0.15, 0.2) is 0 Å². The summed E-state index contributed by atoms with van der Waals surface area (Å²) < 4.78 is 0. The SMILES string of the molecule is CC(C)C(NC(=O)C(C(=O)O)C(C)(C)C)C(N)=O. The van der Waals surface area contributed by atoms with Gasteiger partial charge in [-0.15, -0.1) is 0 Å². The summed E-state index contributed by atoms with van der Waals surface area (Å²) in [4.78, 5) is 34.3. The first-order chi connectivity index (χ1) is 7.98. The van der Waals surface area contributed by atoms with E-state index in [1.54, 1.807) is 34.6 Å². The second-order valence-electron chi connectivity index (χ2n) is 5.77. The quantitative estimate of drug-likeness (QED) is 0.618. The van der Waals surface area contributed by atoms with Gasteiger partial charge in [-0.1, -0.05) is 34.6 Å². The van der Waals surface area contributed by atoms with E-state index in [0.717, 1.165) is 0 Å². The van der Waals surface area contributed by atoms with Crippen LogP contribution >= 0.6 is 0 Å². The van der Waals surface area contributed by atoms with Crippen molar-refractivity contribution in [2.45, 2.75) is 40.7 Å². The number of aliphatic carboxylic acids is 1. The highest BCUT2D eigenvalue weighted by Crippen LogP contribution is 2.26. The van der Waals surface area contributed by atoms with E-state index in [9.17, 15) is 14.4 Å². The van der Waals surface area contributed by atoms with Crippen LogP contribution in [-0.4, -0.2) is 28.9 Å². The maximum absolute atomic E-state index is 12.0. The predicted octanol–water partition coefficient (Wildman–Crippen LogP) is 0.359. The molecule has 0 aliphatic heterocycles. The first-order valence-corrected chi connectivity index (χ1v) is 5.81. The number of nitrogens with one attached hydrogen (secondary N) is 1. The Kier molecular flexibility index (Phi) is 5.32. The van der Waals surface area contributed by atoms with E-state index in [1.165, 1.54) is 0 Å². The first kappa shape index (κ1) is 16.4. The van der Waals surface area contributed by atoms with Gasteiger partial charge < -0.3 is 16.2 Å². The summed E-state index contributed by atoms with van der Waals surface area (Å²) >= 11 is 0. The number of hydrogen-bond acceptors (Lipinski definition) is 3. The molecule has 0 spiro atoms. The van der Waals surface area contributed by atoms with Crippen molar-refractivity contribution in [2.75, 3.05) is 0 Å². The zero-order chi connectivity index (χ0) is 14.7. The molecule has 0 rings (SSSR count). The fraction of sp³-hybridized carbons (Fsp3) is 0.750. The summed E-state index contributed by atoms with van der Waals surface area (Å²) in [6.07, 6.45) is 0. The molecular weight excluding hydrogens is 236 g/mol. The van der Waals surface area contributed by atoms with E-state index >= 15 is 0 Å². The molecule has 6 nitrogen and oxygen atoms in total. The molecule has 0 aliphatic carbocycles. The number of amides is 2. The molecule has 104 valence electrons. The predicted molar refractivity (Wildman–Crippen MR) is 66.5 cm³/mol. The summed E-state index contributed by atoms with van der Waals surface area (Å²) in [7, 11) is 0. The highest BCUT2D eigenvalue weighted by atomic mass is 16.4. The van der Waals surface area contributed by atoms with Crippen molar-refractivity contribution in [1.29, 1.82) is 0 Å². The lowest BCUT2D eigenvalue weighted by Gasteiger charge is -2.28. The van der Waals surface area contributed by atoms with Crippen LogP contribution in [0.2, 0.25) is 0 Å². The fourth-order valence-electron chi connectivity index (χ4n) is 1.68. The van der Waals surface area contributed by atoms with E-state index in [-0.39, 0.29) is 5.92 Å². The van der Waals surface area contributed by atoms with Gasteiger partial charge in [0, 0.05) is 0 Å². The number of hydrogen-bond donors (Lipinski definition) is 3. The molecule has 2 unspecified atom stereocenters. The van der Waals surface area contributed by atoms with E-state index in [0.29, 0.717) is 0 Å². The summed E-state index contributed by atoms with van der Waals surface area (Å²) in [5.41, 5.74) is 4.43. The fourth-order valence-corrected chi connectivity index (χ4v) is 1.68. The summed E-state index contributed by atoms with van der Waals surface area (Å²) in [5, 5.41) is 11.5. The van der Waals surface area contributed by atoms with Crippen LogP contribution in [-0.2, 0) is 14.4 Å². The molecule has 0 saturated heterocycles. The molecule has 0 aromatic rings. The second-order valence-corrected chi connectivity index (χ2v) is 5.77. The van der Waals surface area contributed by atoms with Crippen LogP contribution in [0.5, 0.6) is 0 Å².